The summed E-state index contributed by atoms with van der Waals surface area (Å²) in [5.41, 5.74) is 0. The molecule has 0 aromatic rings. The molecule has 0 aromatic carbocycles. The molecule has 0 aliphatic carbocycles. The molecule has 5 heteroatoms. The third-order valence-electron chi connectivity index (χ3n) is 3.12. The van der Waals surface area contributed by atoms with Crippen molar-refractivity contribution >= 4 is 15.7 Å². The van der Waals surface area contributed by atoms with Crippen LogP contribution in [-0.2, 0) is 14.6 Å². The maximum Gasteiger partial charge on any atom is 0.223 e. The number of sulfone groups is 1. The van der Waals surface area contributed by atoms with E-state index in [1.54, 1.807) is 13.8 Å². The Hall–Kier alpha value is -0.580. The van der Waals surface area contributed by atoms with E-state index in [4.69, 9.17) is 0 Å². The fourth-order valence-corrected chi connectivity index (χ4v) is 2.90. The highest BCUT2D eigenvalue weighted by Gasteiger charge is 2.24. The van der Waals surface area contributed by atoms with Crippen LogP contribution in [0.3, 0.4) is 0 Å². The molecule has 0 saturated carbocycles. The molecule has 1 atom stereocenters. The van der Waals surface area contributed by atoms with Crippen molar-refractivity contribution in [2.45, 2.75) is 44.8 Å². The third-order valence-corrected chi connectivity index (χ3v) is 5.36. The summed E-state index contributed by atoms with van der Waals surface area (Å²) in [5.74, 6) is 0.0374. The molecule has 1 saturated heterocycles. The van der Waals surface area contributed by atoms with E-state index in [1.165, 1.54) is 0 Å². The van der Waals surface area contributed by atoms with E-state index in [1.807, 2.05) is 0 Å². The summed E-state index contributed by atoms with van der Waals surface area (Å²) in [6.45, 7) is 4.09. The molecule has 1 heterocycles. The van der Waals surface area contributed by atoms with Gasteiger partial charge >= 0.3 is 0 Å². The second-order valence-corrected chi connectivity index (χ2v) is 7.36. The monoisotopic (exact) mass is 247 g/mol. The van der Waals surface area contributed by atoms with Crippen LogP contribution < -0.4 is 5.32 Å². The van der Waals surface area contributed by atoms with Gasteiger partial charge in [0.1, 0.15) is 0 Å². The van der Waals surface area contributed by atoms with Crippen molar-refractivity contribution in [3.63, 3.8) is 0 Å². The molecule has 4 nitrogen and oxygen atoms in total. The second-order valence-electron chi connectivity index (χ2n) is 4.69. The maximum atomic E-state index is 11.6. The molecule has 0 radical (unpaired) electrons. The van der Waals surface area contributed by atoms with E-state index in [0.717, 1.165) is 25.8 Å². The van der Waals surface area contributed by atoms with Gasteiger partial charge < -0.3 is 5.32 Å². The zero-order valence-electron chi connectivity index (χ0n) is 10.0. The molecule has 0 aromatic heterocycles. The largest absolute Gasteiger partial charge is 0.356 e. The Kier molecular flexibility index (Phi) is 4.77. The minimum absolute atomic E-state index is 0.0245. The molecule has 1 aliphatic rings. The van der Waals surface area contributed by atoms with Crippen LogP contribution in [0.4, 0.5) is 0 Å². The summed E-state index contributed by atoms with van der Waals surface area (Å²) >= 11 is 0. The summed E-state index contributed by atoms with van der Waals surface area (Å²) in [4.78, 5) is 11.6. The Morgan fingerprint density at radius 1 is 1.38 bits per heavy atom. The zero-order chi connectivity index (χ0) is 12.2. The van der Waals surface area contributed by atoms with Crippen molar-refractivity contribution < 1.29 is 13.2 Å². The number of hydrogen-bond donors (Lipinski definition) is 1. The van der Waals surface area contributed by atoms with Crippen molar-refractivity contribution in [2.24, 2.45) is 5.92 Å². The number of nitrogens with one attached hydrogen (secondary N) is 1. The Balaban J connectivity index is 2.50. The van der Waals surface area contributed by atoms with Crippen molar-refractivity contribution in [1.29, 1.82) is 0 Å². The standard InChI is InChI=1S/C11H21NO3S/c1-9(2)16(14,15)8-6-10-5-3-4-7-12-11(10)13/h9-10H,3-8H2,1-2H3,(H,12,13). The number of rotatable bonds is 4. The first-order chi connectivity index (χ1) is 7.43. The van der Waals surface area contributed by atoms with Gasteiger partial charge in [-0.2, -0.15) is 0 Å². The topological polar surface area (TPSA) is 63.2 Å². The average molecular weight is 247 g/mol. The quantitative estimate of drug-likeness (QED) is 0.809. The van der Waals surface area contributed by atoms with E-state index in [2.05, 4.69) is 5.32 Å². The van der Waals surface area contributed by atoms with E-state index in [9.17, 15) is 13.2 Å². The highest BCUT2D eigenvalue weighted by Crippen LogP contribution is 2.18. The molecule has 1 amide bonds. The van der Waals surface area contributed by atoms with Crippen molar-refractivity contribution in [2.75, 3.05) is 12.3 Å². The molecule has 1 fully saturated rings. The number of carbonyl (C=O) groups is 1. The highest BCUT2D eigenvalue weighted by molar-refractivity contribution is 7.91. The Morgan fingerprint density at radius 2 is 2.06 bits per heavy atom. The minimum Gasteiger partial charge on any atom is -0.356 e. The summed E-state index contributed by atoms with van der Waals surface area (Å²) < 4.78 is 23.3. The molecule has 1 aliphatic heterocycles. The summed E-state index contributed by atoms with van der Waals surface area (Å²) in [6, 6.07) is 0. The minimum atomic E-state index is -3.01. The van der Waals surface area contributed by atoms with E-state index in [-0.39, 0.29) is 22.8 Å². The smallest absolute Gasteiger partial charge is 0.223 e. The number of hydrogen-bond acceptors (Lipinski definition) is 3. The SMILES string of the molecule is CC(C)S(=O)(=O)CCC1CCCCNC1=O. The van der Waals surface area contributed by atoms with E-state index in [0.29, 0.717) is 6.42 Å². The van der Waals surface area contributed by atoms with Crippen molar-refractivity contribution in [1.82, 2.24) is 5.32 Å². The van der Waals surface area contributed by atoms with Gasteiger partial charge in [-0.3, -0.25) is 4.79 Å². The summed E-state index contributed by atoms with van der Waals surface area (Å²) in [5, 5.41) is 2.48. The van der Waals surface area contributed by atoms with Crippen molar-refractivity contribution in [3.05, 3.63) is 0 Å². The number of carbonyl (C=O) groups excluding carboxylic acids is 1. The first-order valence-corrected chi connectivity index (χ1v) is 7.64. The number of amides is 1. The fraction of sp³-hybridized carbons (Fsp3) is 0.909. The van der Waals surface area contributed by atoms with Crippen molar-refractivity contribution in [3.8, 4) is 0 Å². The first-order valence-electron chi connectivity index (χ1n) is 5.93. The van der Waals surface area contributed by atoms with Crippen LogP contribution in [-0.4, -0.2) is 31.9 Å². The molecule has 0 bridgehead atoms. The van der Waals surface area contributed by atoms with Gasteiger partial charge in [0.25, 0.3) is 0 Å². The lowest BCUT2D eigenvalue weighted by atomic mass is 10.0. The lowest BCUT2D eigenvalue weighted by molar-refractivity contribution is -0.124. The van der Waals surface area contributed by atoms with Gasteiger partial charge in [0.2, 0.25) is 5.91 Å². The molecule has 1 unspecified atom stereocenters. The highest BCUT2D eigenvalue weighted by atomic mass is 32.2. The van der Waals surface area contributed by atoms with Gasteiger partial charge in [-0.25, -0.2) is 8.42 Å². The predicted octanol–water partition coefficient (Wildman–Crippen LogP) is 1.12. The lowest BCUT2D eigenvalue weighted by Crippen LogP contribution is -2.30. The molecule has 94 valence electrons. The van der Waals surface area contributed by atoms with Crippen LogP contribution in [0.25, 0.3) is 0 Å². The Labute approximate surface area is 97.7 Å². The molecule has 0 spiro atoms. The predicted molar refractivity (Wildman–Crippen MR) is 63.9 cm³/mol. The van der Waals surface area contributed by atoms with Crippen LogP contribution >= 0.6 is 0 Å². The molecule has 1 N–H and O–H groups in total. The fourth-order valence-electron chi connectivity index (χ4n) is 1.82. The average Bonchev–Trinajstić information content (AvgIpc) is 2.40. The first kappa shape index (κ1) is 13.5. The van der Waals surface area contributed by atoms with E-state index >= 15 is 0 Å². The Morgan fingerprint density at radius 3 is 2.69 bits per heavy atom. The maximum absolute atomic E-state index is 11.6. The normalized spacial score (nSPS) is 22.9. The molecular weight excluding hydrogens is 226 g/mol. The van der Waals surface area contributed by atoms with Gasteiger partial charge in [0.05, 0.1) is 11.0 Å². The van der Waals surface area contributed by atoms with E-state index < -0.39 is 9.84 Å². The van der Waals surface area contributed by atoms with Crippen LogP contribution in [0, 0.1) is 5.92 Å². The van der Waals surface area contributed by atoms with Gasteiger partial charge in [0.15, 0.2) is 9.84 Å². The van der Waals surface area contributed by atoms with Gasteiger partial charge in [-0.15, -0.1) is 0 Å². The van der Waals surface area contributed by atoms with Crippen LogP contribution in [0.15, 0.2) is 0 Å². The molecular formula is C11H21NO3S. The second kappa shape index (κ2) is 5.66. The Bertz CT molecular complexity index is 335. The van der Waals surface area contributed by atoms with Crippen LogP contribution in [0.2, 0.25) is 0 Å². The zero-order valence-corrected chi connectivity index (χ0v) is 10.8. The van der Waals surface area contributed by atoms with Crippen LogP contribution in [0.1, 0.15) is 39.5 Å². The summed E-state index contributed by atoms with van der Waals surface area (Å²) in [6.07, 6.45) is 3.29. The molecule has 1 rings (SSSR count). The van der Waals surface area contributed by atoms with Gasteiger partial charge in [0, 0.05) is 12.5 Å². The van der Waals surface area contributed by atoms with Gasteiger partial charge in [-0.1, -0.05) is 6.42 Å². The summed E-state index contributed by atoms with van der Waals surface area (Å²) in [7, 11) is -3.01. The third kappa shape index (κ3) is 3.77. The van der Waals surface area contributed by atoms with Gasteiger partial charge in [-0.05, 0) is 33.1 Å². The molecule has 16 heavy (non-hydrogen) atoms. The lowest BCUT2D eigenvalue weighted by Gasteiger charge is -2.14. The van der Waals surface area contributed by atoms with Crippen LogP contribution in [0.5, 0.6) is 0 Å².